The van der Waals surface area contributed by atoms with Gasteiger partial charge in [0.2, 0.25) is 0 Å². The van der Waals surface area contributed by atoms with Gasteiger partial charge in [-0.05, 0) is 31.9 Å². The standard InChI is InChI=1S/C11H18N2O/c1-4-10(7-14)5-11-6-12-8-13(11)9(2)3/h5-6,8-9,14H,4,7H2,1-3H3. The van der Waals surface area contributed by atoms with Crippen LogP contribution in [0.3, 0.4) is 0 Å². The van der Waals surface area contributed by atoms with Crippen molar-refractivity contribution in [3.63, 3.8) is 0 Å². The first-order valence-electron chi connectivity index (χ1n) is 5.01. The van der Waals surface area contributed by atoms with Crippen LogP contribution in [0.25, 0.3) is 6.08 Å². The third-order valence-corrected chi connectivity index (χ3v) is 2.26. The predicted octanol–water partition coefficient (Wildman–Crippen LogP) is 2.25. The van der Waals surface area contributed by atoms with Gasteiger partial charge in [-0.15, -0.1) is 0 Å². The molecule has 0 saturated heterocycles. The molecule has 0 aliphatic heterocycles. The first-order valence-corrected chi connectivity index (χ1v) is 5.01. The van der Waals surface area contributed by atoms with Crippen LogP contribution < -0.4 is 0 Å². The molecule has 3 heteroatoms. The summed E-state index contributed by atoms with van der Waals surface area (Å²) in [6, 6.07) is 0.403. The van der Waals surface area contributed by atoms with Crippen LogP contribution in [-0.4, -0.2) is 21.3 Å². The van der Waals surface area contributed by atoms with Gasteiger partial charge in [-0.25, -0.2) is 4.98 Å². The first-order chi connectivity index (χ1) is 6.69. The zero-order chi connectivity index (χ0) is 10.6. The summed E-state index contributed by atoms with van der Waals surface area (Å²) in [7, 11) is 0. The molecule has 0 aliphatic rings. The molecule has 0 radical (unpaired) electrons. The number of aromatic nitrogens is 2. The molecule has 0 spiro atoms. The Balaban J connectivity index is 2.95. The molecule has 78 valence electrons. The highest BCUT2D eigenvalue weighted by atomic mass is 16.3. The molecule has 1 aromatic heterocycles. The molecule has 0 amide bonds. The minimum atomic E-state index is 0.125. The summed E-state index contributed by atoms with van der Waals surface area (Å²) in [5.41, 5.74) is 2.10. The van der Waals surface area contributed by atoms with Crippen LogP contribution in [0.15, 0.2) is 18.1 Å². The van der Waals surface area contributed by atoms with Crippen LogP contribution in [-0.2, 0) is 0 Å². The lowest BCUT2D eigenvalue weighted by Crippen LogP contribution is -2.01. The van der Waals surface area contributed by atoms with E-state index in [4.69, 9.17) is 5.11 Å². The summed E-state index contributed by atoms with van der Waals surface area (Å²) >= 11 is 0. The summed E-state index contributed by atoms with van der Waals surface area (Å²) in [6.45, 7) is 6.39. The fourth-order valence-electron chi connectivity index (χ4n) is 1.33. The summed E-state index contributed by atoms with van der Waals surface area (Å²) in [6.07, 6.45) is 6.53. The summed E-state index contributed by atoms with van der Waals surface area (Å²) in [5, 5.41) is 9.06. The highest BCUT2D eigenvalue weighted by Crippen LogP contribution is 2.13. The number of hydrogen-bond donors (Lipinski definition) is 1. The lowest BCUT2D eigenvalue weighted by Gasteiger charge is -2.09. The van der Waals surface area contributed by atoms with Gasteiger partial charge < -0.3 is 9.67 Å². The molecule has 0 fully saturated rings. The van der Waals surface area contributed by atoms with Crippen molar-refractivity contribution in [1.82, 2.24) is 9.55 Å². The monoisotopic (exact) mass is 194 g/mol. The summed E-state index contributed by atoms with van der Waals surface area (Å²) in [4.78, 5) is 4.10. The van der Waals surface area contributed by atoms with E-state index in [0.717, 1.165) is 17.7 Å². The van der Waals surface area contributed by atoms with E-state index in [1.165, 1.54) is 0 Å². The van der Waals surface area contributed by atoms with E-state index in [9.17, 15) is 0 Å². The maximum Gasteiger partial charge on any atom is 0.0953 e. The number of nitrogens with zero attached hydrogens (tertiary/aromatic N) is 2. The maximum absolute atomic E-state index is 9.06. The lowest BCUT2D eigenvalue weighted by molar-refractivity contribution is 0.329. The quantitative estimate of drug-likeness (QED) is 0.798. The zero-order valence-electron chi connectivity index (χ0n) is 9.07. The van der Waals surface area contributed by atoms with E-state index in [2.05, 4.69) is 23.4 Å². The topological polar surface area (TPSA) is 38.0 Å². The molecule has 1 aromatic rings. The maximum atomic E-state index is 9.06. The largest absolute Gasteiger partial charge is 0.392 e. The normalized spacial score (nSPS) is 12.5. The highest BCUT2D eigenvalue weighted by molar-refractivity contribution is 5.48. The van der Waals surface area contributed by atoms with Crippen molar-refractivity contribution >= 4 is 6.08 Å². The van der Waals surface area contributed by atoms with Crippen LogP contribution in [0, 0.1) is 0 Å². The minimum absolute atomic E-state index is 0.125. The first kappa shape index (κ1) is 11.0. The smallest absolute Gasteiger partial charge is 0.0953 e. The second-order valence-electron chi connectivity index (χ2n) is 3.63. The molecule has 3 nitrogen and oxygen atoms in total. The molecule has 0 aromatic carbocycles. The molecule has 0 aliphatic carbocycles. The molecule has 1 N–H and O–H groups in total. The molecule has 0 bridgehead atoms. The fourth-order valence-corrected chi connectivity index (χ4v) is 1.33. The SMILES string of the molecule is CCC(=Cc1cncn1C(C)C)CO. The highest BCUT2D eigenvalue weighted by Gasteiger charge is 2.03. The second kappa shape index (κ2) is 4.96. The lowest BCUT2D eigenvalue weighted by atomic mass is 10.2. The minimum Gasteiger partial charge on any atom is -0.392 e. The van der Waals surface area contributed by atoms with Crippen LogP contribution in [0.1, 0.15) is 38.9 Å². The molecule has 0 atom stereocenters. The van der Waals surface area contributed by atoms with Crippen molar-refractivity contribution in [2.45, 2.75) is 33.2 Å². The van der Waals surface area contributed by atoms with Crippen LogP contribution in [0.5, 0.6) is 0 Å². The molecule has 1 heterocycles. The predicted molar refractivity (Wildman–Crippen MR) is 58.0 cm³/mol. The Morgan fingerprint density at radius 3 is 2.86 bits per heavy atom. The number of aliphatic hydroxyl groups excluding tert-OH is 1. The Bertz CT molecular complexity index is 307. The molecule has 0 saturated carbocycles. The van der Waals surface area contributed by atoms with Gasteiger partial charge in [0.15, 0.2) is 0 Å². The van der Waals surface area contributed by atoms with Crippen molar-refractivity contribution in [2.75, 3.05) is 6.61 Å². The molecule has 1 rings (SSSR count). The number of rotatable bonds is 4. The van der Waals surface area contributed by atoms with Gasteiger partial charge in [0, 0.05) is 6.04 Å². The Hall–Kier alpha value is -1.09. The van der Waals surface area contributed by atoms with Gasteiger partial charge in [0.1, 0.15) is 0 Å². The van der Waals surface area contributed by atoms with Crippen molar-refractivity contribution < 1.29 is 5.11 Å². The van der Waals surface area contributed by atoms with E-state index in [1.807, 2.05) is 25.5 Å². The van der Waals surface area contributed by atoms with Gasteiger partial charge in [0.05, 0.1) is 24.8 Å². The second-order valence-corrected chi connectivity index (χ2v) is 3.63. The number of aliphatic hydroxyl groups is 1. The van der Waals surface area contributed by atoms with Gasteiger partial charge in [-0.1, -0.05) is 6.92 Å². The average molecular weight is 194 g/mol. The van der Waals surface area contributed by atoms with Crippen LogP contribution >= 0.6 is 0 Å². The molecule has 0 unspecified atom stereocenters. The van der Waals surface area contributed by atoms with Gasteiger partial charge in [0.25, 0.3) is 0 Å². The van der Waals surface area contributed by atoms with Crippen molar-refractivity contribution in [3.05, 3.63) is 23.8 Å². The van der Waals surface area contributed by atoms with Gasteiger partial charge in [-0.3, -0.25) is 0 Å². The number of imidazole rings is 1. The Morgan fingerprint density at radius 2 is 2.36 bits per heavy atom. The fraction of sp³-hybridized carbons (Fsp3) is 0.545. The van der Waals surface area contributed by atoms with Crippen LogP contribution in [0.2, 0.25) is 0 Å². The molecule has 14 heavy (non-hydrogen) atoms. The Morgan fingerprint density at radius 1 is 1.64 bits per heavy atom. The Labute approximate surface area is 85.1 Å². The molecular formula is C11H18N2O. The van der Waals surface area contributed by atoms with Crippen molar-refractivity contribution in [2.24, 2.45) is 0 Å². The third kappa shape index (κ3) is 2.45. The summed E-state index contributed by atoms with van der Waals surface area (Å²) in [5.74, 6) is 0. The van der Waals surface area contributed by atoms with Gasteiger partial charge in [-0.2, -0.15) is 0 Å². The molecular weight excluding hydrogens is 176 g/mol. The van der Waals surface area contributed by atoms with E-state index in [0.29, 0.717) is 6.04 Å². The van der Waals surface area contributed by atoms with E-state index < -0.39 is 0 Å². The van der Waals surface area contributed by atoms with Gasteiger partial charge >= 0.3 is 0 Å². The summed E-state index contributed by atoms with van der Waals surface area (Å²) < 4.78 is 2.09. The van der Waals surface area contributed by atoms with Crippen LogP contribution in [0.4, 0.5) is 0 Å². The average Bonchev–Trinajstić information content (AvgIpc) is 2.62. The number of hydrogen-bond acceptors (Lipinski definition) is 2. The van der Waals surface area contributed by atoms with E-state index in [1.54, 1.807) is 0 Å². The Kier molecular flexibility index (Phi) is 3.89. The van der Waals surface area contributed by atoms with E-state index >= 15 is 0 Å². The van der Waals surface area contributed by atoms with Crippen molar-refractivity contribution in [3.8, 4) is 0 Å². The van der Waals surface area contributed by atoms with E-state index in [-0.39, 0.29) is 6.61 Å². The zero-order valence-corrected chi connectivity index (χ0v) is 9.07. The third-order valence-electron chi connectivity index (χ3n) is 2.26. The van der Waals surface area contributed by atoms with Crippen molar-refractivity contribution in [1.29, 1.82) is 0 Å².